The second kappa shape index (κ2) is 8.05. The number of pyridine rings is 1. The Hall–Kier alpha value is -2.11. The molecule has 0 spiro atoms. The van der Waals surface area contributed by atoms with Gasteiger partial charge in [0.2, 0.25) is 5.91 Å². The fraction of sp³-hybridized carbons (Fsp3) is 0.417. The molecule has 18 heavy (non-hydrogen) atoms. The number of nitrogens with one attached hydrogen (secondary N) is 2. The number of hydrogen-bond acceptors (Lipinski definition) is 3. The first-order valence-electron chi connectivity index (χ1n) is 5.96. The summed E-state index contributed by atoms with van der Waals surface area (Å²) in [7, 11) is 0. The average Bonchev–Trinajstić information content (AvgIpc) is 2.38. The van der Waals surface area contributed by atoms with Crippen LogP contribution in [0.3, 0.4) is 0 Å². The lowest BCUT2D eigenvalue weighted by Gasteiger charge is -2.05. The summed E-state index contributed by atoms with van der Waals surface area (Å²) in [6, 6.07) is 3.51. The maximum atomic E-state index is 11.5. The summed E-state index contributed by atoms with van der Waals surface area (Å²) in [5.41, 5.74) is 6.25. The number of rotatable bonds is 6. The molecule has 6 heteroatoms. The van der Waals surface area contributed by atoms with E-state index < -0.39 is 0 Å². The van der Waals surface area contributed by atoms with Crippen LogP contribution in [0.5, 0.6) is 0 Å². The number of nitrogens with zero attached hydrogens (tertiary/aromatic N) is 2. The molecule has 0 aliphatic rings. The van der Waals surface area contributed by atoms with Gasteiger partial charge in [-0.1, -0.05) is 13.3 Å². The van der Waals surface area contributed by atoms with Gasteiger partial charge in [-0.3, -0.25) is 9.78 Å². The minimum absolute atomic E-state index is 0.000146. The predicted molar refractivity (Wildman–Crippen MR) is 72.3 cm³/mol. The third-order valence-corrected chi connectivity index (χ3v) is 2.17. The molecule has 1 rings (SSSR count). The highest BCUT2D eigenvalue weighted by molar-refractivity contribution is 5.93. The summed E-state index contributed by atoms with van der Waals surface area (Å²) in [5, 5.41) is 5.61. The van der Waals surface area contributed by atoms with Gasteiger partial charge in [-0.2, -0.15) is 0 Å². The molecular formula is C12H19N5O. The topological polar surface area (TPSA) is 92.4 Å². The minimum Gasteiger partial charge on any atom is -0.370 e. The van der Waals surface area contributed by atoms with E-state index in [0.29, 0.717) is 11.6 Å². The van der Waals surface area contributed by atoms with E-state index in [4.69, 9.17) is 5.73 Å². The molecule has 0 unspecified atom stereocenters. The number of nitrogens with two attached hydrogens (primary N) is 1. The molecule has 0 aliphatic carbocycles. The molecule has 6 nitrogen and oxygen atoms in total. The lowest BCUT2D eigenvalue weighted by molar-refractivity contribution is -0.114. The van der Waals surface area contributed by atoms with Crippen molar-refractivity contribution in [1.29, 1.82) is 0 Å². The molecule has 98 valence electrons. The number of aromatic nitrogens is 1. The van der Waals surface area contributed by atoms with Crippen LogP contribution in [-0.2, 0) is 4.79 Å². The predicted octanol–water partition coefficient (Wildman–Crippen LogP) is 0.724. The lowest BCUT2D eigenvalue weighted by Crippen LogP contribution is -2.33. The van der Waals surface area contributed by atoms with Crippen LogP contribution in [0.2, 0.25) is 0 Å². The molecule has 1 aromatic heterocycles. The number of amides is 1. The molecule has 0 saturated heterocycles. The van der Waals surface area contributed by atoms with E-state index >= 15 is 0 Å². The van der Waals surface area contributed by atoms with Gasteiger partial charge in [0.15, 0.2) is 5.96 Å². The van der Waals surface area contributed by atoms with Crippen LogP contribution in [0.4, 0.5) is 5.69 Å². The molecule has 1 heterocycles. The highest BCUT2D eigenvalue weighted by Crippen LogP contribution is 2.01. The van der Waals surface area contributed by atoms with Crippen molar-refractivity contribution in [3.63, 3.8) is 0 Å². The van der Waals surface area contributed by atoms with E-state index in [1.54, 1.807) is 24.5 Å². The number of aliphatic imine (C=N–C) groups is 1. The fourth-order valence-corrected chi connectivity index (χ4v) is 1.24. The van der Waals surface area contributed by atoms with Crippen LogP contribution < -0.4 is 16.4 Å². The van der Waals surface area contributed by atoms with Crippen molar-refractivity contribution in [2.75, 3.05) is 18.4 Å². The Labute approximate surface area is 107 Å². The molecule has 0 aliphatic heterocycles. The Kier molecular flexibility index (Phi) is 6.24. The van der Waals surface area contributed by atoms with E-state index in [9.17, 15) is 4.79 Å². The summed E-state index contributed by atoms with van der Waals surface area (Å²) < 4.78 is 0. The van der Waals surface area contributed by atoms with Crippen molar-refractivity contribution in [1.82, 2.24) is 10.3 Å². The van der Waals surface area contributed by atoms with Crippen LogP contribution in [0, 0.1) is 0 Å². The Morgan fingerprint density at radius 3 is 3.06 bits per heavy atom. The Morgan fingerprint density at radius 1 is 1.56 bits per heavy atom. The molecule has 0 fully saturated rings. The molecule has 0 bridgehead atoms. The molecule has 1 aromatic rings. The Balaban J connectivity index is 2.30. The van der Waals surface area contributed by atoms with Gasteiger partial charge in [-0.05, 0) is 18.6 Å². The van der Waals surface area contributed by atoms with Crippen molar-refractivity contribution in [3.8, 4) is 0 Å². The Bertz CT molecular complexity index is 391. The monoisotopic (exact) mass is 249 g/mol. The van der Waals surface area contributed by atoms with Crippen molar-refractivity contribution in [2.24, 2.45) is 10.7 Å². The van der Waals surface area contributed by atoms with Gasteiger partial charge in [0.05, 0.1) is 11.9 Å². The smallest absolute Gasteiger partial charge is 0.246 e. The third kappa shape index (κ3) is 5.83. The average molecular weight is 249 g/mol. The highest BCUT2D eigenvalue weighted by atomic mass is 16.1. The van der Waals surface area contributed by atoms with Crippen LogP contribution in [-0.4, -0.2) is 29.9 Å². The zero-order chi connectivity index (χ0) is 13.2. The minimum atomic E-state index is -0.219. The van der Waals surface area contributed by atoms with Gasteiger partial charge in [0.1, 0.15) is 6.54 Å². The van der Waals surface area contributed by atoms with Gasteiger partial charge in [-0.15, -0.1) is 0 Å². The van der Waals surface area contributed by atoms with Crippen molar-refractivity contribution >= 4 is 17.6 Å². The highest BCUT2D eigenvalue weighted by Gasteiger charge is 2.01. The summed E-state index contributed by atoms with van der Waals surface area (Å²) >= 11 is 0. The van der Waals surface area contributed by atoms with Gasteiger partial charge < -0.3 is 16.4 Å². The second-order valence-corrected chi connectivity index (χ2v) is 3.77. The summed E-state index contributed by atoms with van der Waals surface area (Å²) in [4.78, 5) is 19.4. The number of anilines is 1. The van der Waals surface area contributed by atoms with Crippen molar-refractivity contribution in [3.05, 3.63) is 24.5 Å². The molecule has 0 saturated carbocycles. The maximum Gasteiger partial charge on any atom is 0.246 e. The number of carbonyl (C=O) groups excluding carboxylic acids is 1. The quantitative estimate of drug-likeness (QED) is 0.393. The number of hydrogen-bond donors (Lipinski definition) is 3. The van der Waals surface area contributed by atoms with Gasteiger partial charge in [0.25, 0.3) is 0 Å². The molecular weight excluding hydrogens is 230 g/mol. The second-order valence-electron chi connectivity index (χ2n) is 3.77. The van der Waals surface area contributed by atoms with E-state index in [2.05, 4.69) is 27.5 Å². The number of guanidine groups is 1. The number of unbranched alkanes of at least 4 members (excludes halogenated alkanes) is 1. The summed E-state index contributed by atoms with van der Waals surface area (Å²) in [6.07, 6.45) is 5.33. The van der Waals surface area contributed by atoms with Gasteiger partial charge in [-0.25, -0.2) is 4.99 Å². The van der Waals surface area contributed by atoms with E-state index in [0.717, 1.165) is 19.4 Å². The van der Waals surface area contributed by atoms with Crippen molar-refractivity contribution < 1.29 is 4.79 Å². The number of carbonyl (C=O) groups is 1. The first-order valence-corrected chi connectivity index (χ1v) is 5.96. The Morgan fingerprint density at radius 2 is 2.39 bits per heavy atom. The third-order valence-electron chi connectivity index (χ3n) is 2.17. The summed E-state index contributed by atoms with van der Waals surface area (Å²) in [6.45, 7) is 2.87. The van der Waals surface area contributed by atoms with Gasteiger partial charge in [0, 0.05) is 12.7 Å². The van der Waals surface area contributed by atoms with Crippen LogP contribution in [0.25, 0.3) is 0 Å². The molecule has 0 radical (unpaired) electrons. The van der Waals surface area contributed by atoms with Crippen LogP contribution in [0.15, 0.2) is 29.5 Å². The first kappa shape index (κ1) is 14.0. The standard InChI is InChI=1S/C12H19N5O/c1-2-3-7-15-12(13)16-9-11(18)17-10-5-4-6-14-8-10/h4-6,8H,2-3,7,9H2,1H3,(H,17,18)(H3,13,15,16). The van der Waals surface area contributed by atoms with Crippen LogP contribution in [0.1, 0.15) is 19.8 Å². The van der Waals surface area contributed by atoms with Crippen LogP contribution >= 0.6 is 0 Å². The van der Waals surface area contributed by atoms with E-state index in [1.807, 2.05) is 0 Å². The van der Waals surface area contributed by atoms with Gasteiger partial charge >= 0.3 is 0 Å². The van der Waals surface area contributed by atoms with E-state index in [-0.39, 0.29) is 12.5 Å². The molecule has 0 aromatic carbocycles. The first-order chi connectivity index (χ1) is 8.72. The van der Waals surface area contributed by atoms with E-state index in [1.165, 1.54) is 0 Å². The normalized spacial score (nSPS) is 11.1. The zero-order valence-electron chi connectivity index (χ0n) is 10.5. The molecule has 1 amide bonds. The maximum absolute atomic E-state index is 11.5. The summed E-state index contributed by atoms with van der Waals surface area (Å²) in [5.74, 6) is 0.0769. The fourth-order valence-electron chi connectivity index (χ4n) is 1.24. The molecule has 0 atom stereocenters. The van der Waals surface area contributed by atoms with Crippen molar-refractivity contribution in [2.45, 2.75) is 19.8 Å². The molecule has 4 N–H and O–H groups in total. The largest absolute Gasteiger partial charge is 0.370 e. The zero-order valence-corrected chi connectivity index (χ0v) is 10.5. The SMILES string of the molecule is CCCCNC(N)=NCC(=O)Nc1cccnc1. The lowest BCUT2D eigenvalue weighted by atomic mass is 10.3.